The summed E-state index contributed by atoms with van der Waals surface area (Å²) in [6.45, 7) is 3.37. The number of hydrogen-bond donors (Lipinski definition) is 2. The molecule has 1 unspecified atom stereocenters. The van der Waals surface area contributed by atoms with Gasteiger partial charge in [0.2, 0.25) is 0 Å². The Labute approximate surface area is 111 Å². The first-order chi connectivity index (χ1) is 7.75. The van der Waals surface area contributed by atoms with Crippen molar-refractivity contribution in [2.45, 2.75) is 6.10 Å². The van der Waals surface area contributed by atoms with Gasteiger partial charge in [-0.1, -0.05) is 0 Å². The summed E-state index contributed by atoms with van der Waals surface area (Å²) in [4.78, 5) is 4.28. The number of halogens is 2. The molecule has 0 bridgehead atoms. The summed E-state index contributed by atoms with van der Waals surface area (Å²) in [6, 6.07) is 1.97. The zero-order chi connectivity index (χ0) is 11.4. The summed E-state index contributed by atoms with van der Waals surface area (Å²) in [6.07, 6.45) is 1.98. The second-order valence-electron chi connectivity index (χ2n) is 3.56. The number of anilines is 1. The lowest BCUT2D eigenvalue weighted by atomic mass is 10.3. The van der Waals surface area contributed by atoms with E-state index in [1.165, 1.54) is 0 Å². The zero-order valence-corrected chi connectivity index (χ0v) is 11.8. The third-order valence-corrected chi connectivity index (χ3v) is 3.35. The Bertz CT molecular complexity index is 356. The molecule has 1 saturated heterocycles. The molecule has 4 nitrogen and oxygen atoms in total. The number of ether oxygens (including phenoxy) is 1. The first kappa shape index (κ1) is 12.3. The molecule has 1 aromatic rings. The van der Waals surface area contributed by atoms with Gasteiger partial charge in [-0.2, -0.15) is 0 Å². The number of aromatic nitrogens is 1. The van der Waals surface area contributed by atoms with Gasteiger partial charge in [-0.15, -0.1) is 0 Å². The number of morpholine rings is 1. The molecule has 0 saturated carbocycles. The number of nitrogens with one attached hydrogen (secondary N) is 2. The Hall–Kier alpha value is -0.170. The van der Waals surface area contributed by atoms with E-state index in [0.717, 1.165) is 41.0 Å². The van der Waals surface area contributed by atoms with Crippen molar-refractivity contribution in [1.82, 2.24) is 10.3 Å². The van der Waals surface area contributed by atoms with E-state index in [0.29, 0.717) is 0 Å². The maximum Gasteiger partial charge on any atom is 0.140 e. The van der Waals surface area contributed by atoms with Crippen LogP contribution < -0.4 is 10.6 Å². The van der Waals surface area contributed by atoms with Crippen LogP contribution in [0.4, 0.5) is 5.82 Å². The number of nitrogens with zero attached hydrogens (tertiary/aromatic N) is 1. The van der Waals surface area contributed by atoms with Crippen molar-refractivity contribution in [2.24, 2.45) is 0 Å². The summed E-state index contributed by atoms with van der Waals surface area (Å²) in [7, 11) is 0. The maximum absolute atomic E-state index is 5.59. The topological polar surface area (TPSA) is 46.2 Å². The molecule has 1 fully saturated rings. The molecule has 0 spiro atoms. The van der Waals surface area contributed by atoms with Crippen LogP contribution in [0.15, 0.2) is 21.2 Å². The van der Waals surface area contributed by atoms with Crippen LogP contribution in [-0.2, 0) is 4.74 Å². The van der Waals surface area contributed by atoms with Crippen LogP contribution in [0.3, 0.4) is 0 Å². The van der Waals surface area contributed by atoms with Crippen LogP contribution in [0, 0.1) is 0 Å². The van der Waals surface area contributed by atoms with Gasteiger partial charge in [-0.05, 0) is 37.9 Å². The summed E-state index contributed by atoms with van der Waals surface area (Å²) in [5.41, 5.74) is 0. The Kier molecular flexibility index (Phi) is 4.57. The average Bonchev–Trinajstić information content (AvgIpc) is 2.29. The highest BCUT2D eigenvalue weighted by Gasteiger charge is 2.13. The van der Waals surface area contributed by atoms with Crippen molar-refractivity contribution >= 4 is 37.7 Å². The van der Waals surface area contributed by atoms with Crippen molar-refractivity contribution in [3.63, 3.8) is 0 Å². The fraction of sp³-hybridized carbons (Fsp3) is 0.500. The molecule has 0 aromatic carbocycles. The standard InChI is InChI=1S/C10H13Br2N3O/c11-7-3-9(12)10(14-4-7)15-6-8-5-13-1-2-16-8/h3-4,8,13H,1-2,5-6H2,(H,14,15). The summed E-state index contributed by atoms with van der Waals surface area (Å²) in [5.74, 6) is 0.845. The third kappa shape index (κ3) is 3.41. The fourth-order valence-electron chi connectivity index (χ4n) is 1.51. The molecule has 0 aliphatic carbocycles. The van der Waals surface area contributed by atoms with E-state index in [2.05, 4.69) is 47.5 Å². The van der Waals surface area contributed by atoms with Gasteiger partial charge in [0.05, 0.1) is 17.2 Å². The Morgan fingerprint density at radius 1 is 1.56 bits per heavy atom. The second kappa shape index (κ2) is 5.95. The number of rotatable bonds is 3. The fourth-order valence-corrected chi connectivity index (χ4v) is 2.63. The smallest absolute Gasteiger partial charge is 0.140 e. The summed E-state index contributed by atoms with van der Waals surface area (Å²) >= 11 is 6.83. The Morgan fingerprint density at radius 3 is 3.12 bits per heavy atom. The van der Waals surface area contributed by atoms with Crippen molar-refractivity contribution in [1.29, 1.82) is 0 Å². The minimum absolute atomic E-state index is 0.214. The molecule has 2 rings (SSSR count). The van der Waals surface area contributed by atoms with Crippen LogP contribution in [0.2, 0.25) is 0 Å². The third-order valence-electron chi connectivity index (χ3n) is 2.31. The average molecular weight is 351 g/mol. The van der Waals surface area contributed by atoms with Gasteiger partial charge in [0, 0.05) is 30.3 Å². The van der Waals surface area contributed by atoms with E-state index in [9.17, 15) is 0 Å². The van der Waals surface area contributed by atoms with Crippen molar-refractivity contribution < 1.29 is 4.74 Å². The first-order valence-electron chi connectivity index (χ1n) is 5.13. The molecule has 0 radical (unpaired) electrons. The van der Waals surface area contributed by atoms with Crippen molar-refractivity contribution in [2.75, 3.05) is 31.6 Å². The Balaban J connectivity index is 1.88. The van der Waals surface area contributed by atoms with E-state index in [1.807, 2.05) is 6.07 Å². The monoisotopic (exact) mass is 349 g/mol. The number of pyridine rings is 1. The first-order valence-corrected chi connectivity index (χ1v) is 6.71. The van der Waals surface area contributed by atoms with Gasteiger partial charge in [0.15, 0.2) is 0 Å². The quantitative estimate of drug-likeness (QED) is 0.875. The summed E-state index contributed by atoms with van der Waals surface area (Å²) in [5, 5.41) is 6.56. The van der Waals surface area contributed by atoms with Crippen LogP contribution in [0.25, 0.3) is 0 Å². The molecule has 6 heteroatoms. The van der Waals surface area contributed by atoms with Gasteiger partial charge in [0.25, 0.3) is 0 Å². The minimum Gasteiger partial charge on any atom is -0.374 e. The molecule has 1 aromatic heterocycles. The van der Waals surface area contributed by atoms with Crippen molar-refractivity contribution in [3.05, 3.63) is 21.2 Å². The zero-order valence-electron chi connectivity index (χ0n) is 8.67. The van der Waals surface area contributed by atoms with Gasteiger partial charge in [-0.3, -0.25) is 0 Å². The second-order valence-corrected chi connectivity index (χ2v) is 5.33. The molecule has 88 valence electrons. The van der Waals surface area contributed by atoms with E-state index in [1.54, 1.807) is 6.20 Å². The van der Waals surface area contributed by atoms with Gasteiger partial charge in [0.1, 0.15) is 5.82 Å². The highest BCUT2D eigenvalue weighted by Crippen LogP contribution is 2.23. The predicted molar refractivity (Wildman–Crippen MR) is 70.7 cm³/mol. The van der Waals surface area contributed by atoms with E-state index < -0.39 is 0 Å². The Morgan fingerprint density at radius 2 is 2.44 bits per heavy atom. The lowest BCUT2D eigenvalue weighted by Gasteiger charge is -2.24. The van der Waals surface area contributed by atoms with Crippen LogP contribution in [-0.4, -0.2) is 37.3 Å². The highest BCUT2D eigenvalue weighted by atomic mass is 79.9. The van der Waals surface area contributed by atoms with Crippen LogP contribution in [0.5, 0.6) is 0 Å². The molecule has 2 N–H and O–H groups in total. The normalized spacial score (nSPS) is 20.8. The number of hydrogen-bond acceptors (Lipinski definition) is 4. The lowest BCUT2D eigenvalue weighted by molar-refractivity contribution is 0.0372. The predicted octanol–water partition coefficient (Wildman–Crippen LogP) is 2.01. The van der Waals surface area contributed by atoms with E-state index >= 15 is 0 Å². The molecular formula is C10H13Br2N3O. The lowest BCUT2D eigenvalue weighted by Crippen LogP contribution is -2.42. The highest BCUT2D eigenvalue weighted by molar-refractivity contribution is 9.11. The van der Waals surface area contributed by atoms with Crippen molar-refractivity contribution in [3.8, 4) is 0 Å². The summed E-state index contributed by atoms with van der Waals surface area (Å²) < 4.78 is 7.49. The molecule has 1 aliphatic rings. The van der Waals surface area contributed by atoms with Gasteiger partial charge < -0.3 is 15.4 Å². The molecular weight excluding hydrogens is 338 g/mol. The minimum atomic E-state index is 0.214. The largest absolute Gasteiger partial charge is 0.374 e. The maximum atomic E-state index is 5.59. The SMILES string of the molecule is Brc1cnc(NCC2CNCCO2)c(Br)c1. The molecule has 2 heterocycles. The molecule has 1 atom stereocenters. The molecule has 16 heavy (non-hydrogen) atoms. The van der Waals surface area contributed by atoms with Gasteiger partial charge in [-0.25, -0.2) is 4.98 Å². The van der Waals surface area contributed by atoms with Crippen LogP contribution in [0.1, 0.15) is 0 Å². The van der Waals surface area contributed by atoms with Gasteiger partial charge >= 0.3 is 0 Å². The molecule has 1 aliphatic heterocycles. The molecule has 0 amide bonds. The van der Waals surface area contributed by atoms with Crippen LogP contribution >= 0.6 is 31.9 Å². The van der Waals surface area contributed by atoms with E-state index in [-0.39, 0.29) is 6.10 Å². The van der Waals surface area contributed by atoms with E-state index in [4.69, 9.17) is 4.74 Å².